The smallest absolute Gasteiger partial charge is 0.321 e. The molecule has 6 unspecified atom stereocenters. The summed E-state index contributed by atoms with van der Waals surface area (Å²) in [6.45, 7) is 3.05. The van der Waals surface area contributed by atoms with Crippen LogP contribution >= 0.6 is 0 Å². The molecule has 4 saturated heterocycles. The van der Waals surface area contributed by atoms with Gasteiger partial charge in [-0.2, -0.15) is 0 Å². The number of hydrogen-bond acceptors (Lipinski definition) is 4. The zero-order valence-corrected chi connectivity index (χ0v) is 17.2. The van der Waals surface area contributed by atoms with Crippen LogP contribution in [0.25, 0.3) is 0 Å². The van der Waals surface area contributed by atoms with Gasteiger partial charge in [-0.05, 0) is 24.1 Å². The number of quaternary nitrogens is 1. The maximum atomic E-state index is 13.4. The molecule has 1 spiro atoms. The van der Waals surface area contributed by atoms with Crippen molar-refractivity contribution in [2.24, 2.45) is 11.3 Å². The summed E-state index contributed by atoms with van der Waals surface area (Å²) in [6, 6.07) is 9.05. The number of para-hydroxylation sites is 1. The molecule has 1 saturated carbocycles. The molecule has 1 aromatic carbocycles. The van der Waals surface area contributed by atoms with E-state index in [1.165, 1.54) is 18.2 Å². The number of aliphatic hydroxyl groups is 1. The van der Waals surface area contributed by atoms with Crippen LogP contribution in [-0.4, -0.2) is 60.5 Å². The van der Waals surface area contributed by atoms with Crippen molar-refractivity contribution in [2.75, 3.05) is 26.0 Å². The lowest BCUT2D eigenvalue weighted by atomic mass is 9.57. The third kappa shape index (κ3) is 1.54. The molecule has 6 heteroatoms. The second-order valence-electron chi connectivity index (χ2n) is 9.48. The summed E-state index contributed by atoms with van der Waals surface area (Å²) in [5.74, 6) is -0.132. The molecule has 5 heterocycles. The quantitative estimate of drug-likeness (QED) is 0.353. The van der Waals surface area contributed by atoms with Crippen molar-refractivity contribution in [3.8, 4) is 0 Å². The van der Waals surface area contributed by atoms with Gasteiger partial charge >= 0.3 is 5.97 Å². The SMILES string of the molecule is C/C=C1\C[N+]2(C)C3CC1[C@@]1(C(=O)OC)C(O)[C@]4(CC12)c1ccccc1NC34.[Cl-]. The number of carbonyl (C=O) groups is 1. The summed E-state index contributed by atoms with van der Waals surface area (Å²) in [6.07, 6.45) is 3.23. The third-order valence-electron chi connectivity index (χ3n) is 9.11. The molecule has 2 N–H and O–H groups in total. The topological polar surface area (TPSA) is 58.6 Å². The minimum atomic E-state index is -0.839. The highest BCUT2D eigenvalue weighted by Gasteiger charge is 2.87. The summed E-state index contributed by atoms with van der Waals surface area (Å²) >= 11 is 0. The van der Waals surface area contributed by atoms with Crippen LogP contribution in [0.15, 0.2) is 35.9 Å². The highest BCUT2D eigenvalue weighted by atomic mass is 35.5. The summed E-state index contributed by atoms with van der Waals surface area (Å²) in [5.41, 5.74) is 2.41. The highest BCUT2D eigenvalue weighted by Crippen LogP contribution is 2.73. The van der Waals surface area contributed by atoms with E-state index in [1.54, 1.807) is 0 Å². The van der Waals surface area contributed by atoms with Crippen LogP contribution in [-0.2, 0) is 14.9 Å². The van der Waals surface area contributed by atoms with E-state index < -0.39 is 16.9 Å². The largest absolute Gasteiger partial charge is 1.00 e. The number of methoxy groups -OCH3 is 1. The second-order valence-corrected chi connectivity index (χ2v) is 9.48. The van der Waals surface area contributed by atoms with Crippen LogP contribution in [0, 0.1) is 11.3 Å². The lowest BCUT2D eigenvalue weighted by Gasteiger charge is -2.64. The molecular formula is C22H27ClN2O3. The number of anilines is 1. The monoisotopic (exact) mass is 402 g/mol. The summed E-state index contributed by atoms with van der Waals surface area (Å²) in [7, 11) is 3.78. The number of allylic oxidation sites excluding steroid dienone is 1. The van der Waals surface area contributed by atoms with E-state index in [0.717, 1.165) is 29.6 Å². The first-order chi connectivity index (χ1) is 13.0. The summed E-state index contributed by atoms with van der Waals surface area (Å²) in [4.78, 5) is 13.4. The Bertz CT molecular complexity index is 919. The number of carbonyl (C=O) groups excluding carboxylic acids is 1. The number of likely N-dealkylation sites (N-methyl/N-ethyl adjacent to an activating group) is 1. The van der Waals surface area contributed by atoms with Crippen LogP contribution in [0.5, 0.6) is 0 Å². The Hall–Kier alpha value is -1.56. The van der Waals surface area contributed by atoms with E-state index in [1.807, 2.05) is 6.07 Å². The minimum Gasteiger partial charge on any atom is -1.00 e. The predicted octanol–water partition coefficient (Wildman–Crippen LogP) is -1.18. The van der Waals surface area contributed by atoms with E-state index in [2.05, 4.69) is 43.6 Å². The first-order valence-corrected chi connectivity index (χ1v) is 10.1. The van der Waals surface area contributed by atoms with Crippen LogP contribution in [0.2, 0.25) is 0 Å². The minimum absolute atomic E-state index is 0. The van der Waals surface area contributed by atoms with E-state index >= 15 is 0 Å². The fourth-order valence-electron chi connectivity index (χ4n) is 8.23. The molecule has 1 aliphatic carbocycles. The Kier molecular flexibility index (Phi) is 3.51. The average Bonchev–Trinajstić information content (AvgIpc) is 3.13. The number of piperidine rings is 4. The van der Waals surface area contributed by atoms with Gasteiger partial charge < -0.3 is 32.1 Å². The third-order valence-corrected chi connectivity index (χ3v) is 9.11. The Morgan fingerprint density at radius 1 is 1.39 bits per heavy atom. The number of fused-ring (bicyclic) bond motifs is 2. The first kappa shape index (κ1) is 18.5. The number of ether oxygens (including phenoxy) is 1. The van der Waals surface area contributed by atoms with Gasteiger partial charge in [-0.15, -0.1) is 0 Å². The van der Waals surface area contributed by atoms with Gasteiger partial charge in [0, 0.05) is 24.4 Å². The molecule has 7 rings (SSSR count). The first-order valence-electron chi connectivity index (χ1n) is 10.1. The Labute approximate surface area is 171 Å². The number of hydrogen-bond donors (Lipinski definition) is 2. The molecule has 0 radical (unpaired) electrons. The molecule has 28 heavy (non-hydrogen) atoms. The lowest BCUT2D eigenvalue weighted by Crippen LogP contribution is -3.00. The number of aliphatic hydroxyl groups excluding tert-OH is 1. The van der Waals surface area contributed by atoms with Gasteiger partial charge in [0.15, 0.2) is 5.41 Å². The highest BCUT2D eigenvalue weighted by molar-refractivity contribution is 5.83. The van der Waals surface area contributed by atoms with Crippen LogP contribution in [0.3, 0.4) is 0 Å². The second kappa shape index (κ2) is 5.32. The molecule has 5 aliphatic heterocycles. The zero-order chi connectivity index (χ0) is 18.8. The molecule has 8 atom stereocenters. The summed E-state index contributed by atoms with van der Waals surface area (Å²) in [5, 5.41) is 15.8. The number of halogens is 1. The maximum absolute atomic E-state index is 13.4. The van der Waals surface area contributed by atoms with Crippen molar-refractivity contribution >= 4 is 11.7 Å². The van der Waals surface area contributed by atoms with E-state index in [0.29, 0.717) is 6.04 Å². The van der Waals surface area contributed by atoms with E-state index in [4.69, 9.17) is 4.74 Å². The molecule has 0 aromatic heterocycles. The number of nitrogens with zero attached hydrogens (tertiary/aromatic N) is 1. The molecule has 5 fully saturated rings. The van der Waals surface area contributed by atoms with Gasteiger partial charge in [-0.25, -0.2) is 0 Å². The van der Waals surface area contributed by atoms with Crippen LogP contribution < -0.4 is 17.7 Å². The van der Waals surface area contributed by atoms with Gasteiger partial charge in [0.25, 0.3) is 0 Å². The van der Waals surface area contributed by atoms with Gasteiger partial charge in [-0.1, -0.05) is 24.3 Å². The van der Waals surface area contributed by atoms with Crippen molar-refractivity contribution in [2.45, 2.75) is 49.4 Å². The zero-order valence-electron chi connectivity index (χ0n) is 16.5. The fourth-order valence-corrected chi connectivity index (χ4v) is 8.23. The van der Waals surface area contributed by atoms with E-state index in [-0.39, 0.29) is 36.4 Å². The van der Waals surface area contributed by atoms with E-state index in [9.17, 15) is 9.90 Å². The Morgan fingerprint density at radius 2 is 2.14 bits per heavy atom. The van der Waals surface area contributed by atoms with Crippen molar-refractivity contribution in [1.29, 1.82) is 0 Å². The summed E-state index contributed by atoms with van der Waals surface area (Å²) < 4.78 is 6.24. The normalized spacial score (nSPS) is 50.0. The van der Waals surface area contributed by atoms with Crippen LogP contribution in [0.1, 0.15) is 25.3 Å². The standard InChI is InChI=1S/C22H27N2O3.ClH/c1-4-12-11-24(2)16-9-14(12)22(20(26)27-3)17(24)10-21(19(22)25)13-7-5-6-8-15(13)23-18(16)21;/h4-8,14,16-19,23,25H,9-11H2,1-3H3;1H/q+1;/p-1/b12-4+;/t14?,16?,17?,18?,19?,21-,22+,24?;/m1./s1. The van der Waals surface area contributed by atoms with Gasteiger partial charge in [0.05, 0.1) is 31.7 Å². The molecule has 5 nitrogen and oxygen atoms in total. The number of benzene rings is 1. The van der Waals surface area contributed by atoms with Gasteiger partial charge in [0.2, 0.25) is 0 Å². The van der Waals surface area contributed by atoms with Gasteiger partial charge in [-0.3, -0.25) is 4.79 Å². The molecule has 6 aliphatic rings. The molecule has 5 bridgehead atoms. The van der Waals surface area contributed by atoms with Crippen molar-refractivity contribution in [3.63, 3.8) is 0 Å². The maximum Gasteiger partial charge on any atom is 0.321 e. The average molecular weight is 403 g/mol. The predicted molar refractivity (Wildman–Crippen MR) is 101 cm³/mol. The Morgan fingerprint density at radius 3 is 2.86 bits per heavy atom. The van der Waals surface area contributed by atoms with Gasteiger partial charge in [0.1, 0.15) is 18.6 Å². The molecule has 0 amide bonds. The number of rotatable bonds is 1. The molecule has 150 valence electrons. The fraction of sp³-hybridized carbons (Fsp3) is 0.591. The number of esters is 1. The Balaban J connectivity index is 0.00000171. The number of nitrogens with one attached hydrogen (secondary N) is 1. The molecule has 1 aromatic rings. The van der Waals surface area contributed by atoms with Crippen molar-refractivity contribution < 1.29 is 31.5 Å². The molecular weight excluding hydrogens is 376 g/mol. The van der Waals surface area contributed by atoms with Crippen LogP contribution in [0.4, 0.5) is 5.69 Å². The van der Waals surface area contributed by atoms with Crippen molar-refractivity contribution in [1.82, 2.24) is 0 Å². The van der Waals surface area contributed by atoms with Crippen molar-refractivity contribution in [3.05, 3.63) is 41.5 Å². The lowest BCUT2D eigenvalue weighted by molar-refractivity contribution is -0.975.